The van der Waals surface area contributed by atoms with Crippen molar-refractivity contribution < 1.29 is 9.90 Å². The molecule has 1 aliphatic carbocycles. The van der Waals surface area contributed by atoms with Crippen molar-refractivity contribution in [3.05, 3.63) is 45.1 Å². The molecular formula is C30H41Cl2N5O2. The third-order valence-electron chi connectivity index (χ3n) is 9.36. The van der Waals surface area contributed by atoms with Crippen LogP contribution in [0.5, 0.6) is 0 Å². The minimum Gasteiger partial charge on any atom is -0.481 e. The number of nitrogens with zero attached hydrogens (tertiary/aromatic N) is 4. The second kappa shape index (κ2) is 11.4. The first-order chi connectivity index (χ1) is 18.5. The van der Waals surface area contributed by atoms with Crippen LogP contribution in [0.1, 0.15) is 75.2 Å². The maximum absolute atomic E-state index is 11.5. The van der Waals surface area contributed by atoms with E-state index >= 15 is 0 Å². The van der Waals surface area contributed by atoms with Crippen LogP contribution in [0.25, 0.3) is 0 Å². The number of carboxylic acids is 1. The Labute approximate surface area is 242 Å². The number of carbonyl (C=O) groups is 1. The highest BCUT2D eigenvalue weighted by atomic mass is 35.5. The number of benzene rings is 1. The Balaban J connectivity index is 1.20. The Morgan fingerprint density at radius 3 is 2.49 bits per heavy atom. The molecule has 1 saturated carbocycles. The van der Waals surface area contributed by atoms with Crippen molar-refractivity contribution in [1.29, 1.82) is 0 Å². The normalized spacial score (nSPS) is 27.2. The van der Waals surface area contributed by atoms with Crippen LogP contribution >= 0.6 is 23.2 Å². The zero-order valence-electron chi connectivity index (χ0n) is 23.5. The summed E-state index contributed by atoms with van der Waals surface area (Å²) < 4.78 is 0. The van der Waals surface area contributed by atoms with Crippen molar-refractivity contribution >= 4 is 40.9 Å². The molecule has 0 radical (unpaired) electrons. The summed E-state index contributed by atoms with van der Waals surface area (Å²) in [7, 11) is 0. The van der Waals surface area contributed by atoms with Crippen molar-refractivity contribution in [2.24, 2.45) is 17.3 Å². The Hall–Kier alpha value is -2.09. The van der Waals surface area contributed by atoms with Crippen LogP contribution in [0, 0.1) is 31.1 Å². The summed E-state index contributed by atoms with van der Waals surface area (Å²) in [6, 6.07) is 6.46. The highest BCUT2D eigenvalue weighted by molar-refractivity contribution is 6.33. The third kappa shape index (κ3) is 6.01. The van der Waals surface area contributed by atoms with E-state index < -0.39 is 11.4 Å². The Morgan fingerprint density at radius 1 is 1.10 bits per heavy atom. The quantitative estimate of drug-likeness (QED) is 0.378. The predicted molar refractivity (Wildman–Crippen MR) is 158 cm³/mol. The average molecular weight is 575 g/mol. The maximum Gasteiger partial charge on any atom is 0.309 e. The van der Waals surface area contributed by atoms with Gasteiger partial charge in [0.25, 0.3) is 0 Å². The number of halogens is 2. The largest absolute Gasteiger partial charge is 0.481 e. The van der Waals surface area contributed by atoms with E-state index in [1.807, 2.05) is 32.9 Å². The molecule has 5 rings (SSSR count). The first kappa shape index (κ1) is 28.4. The number of likely N-dealkylation sites (tertiary alicyclic amines) is 1. The fourth-order valence-electron chi connectivity index (χ4n) is 6.79. The van der Waals surface area contributed by atoms with Gasteiger partial charge in [-0.2, -0.15) is 4.98 Å². The molecule has 3 heterocycles. The number of piperidine rings is 2. The first-order valence-corrected chi connectivity index (χ1v) is 15.1. The number of anilines is 2. The topological polar surface area (TPSA) is 81.6 Å². The van der Waals surface area contributed by atoms with Gasteiger partial charge >= 0.3 is 5.97 Å². The molecule has 2 atom stereocenters. The van der Waals surface area contributed by atoms with Gasteiger partial charge in [-0.05, 0) is 102 Å². The molecule has 0 spiro atoms. The van der Waals surface area contributed by atoms with Gasteiger partial charge in [0.05, 0.1) is 17.2 Å². The lowest BCUT2D eigenvalue weighted by molar-refractivity contribution is -0.158. The minimum absolute atomic E-state index is 0.0539. The van der Waals surface area contributed by atoms with Crippen molar-refractivity contribution in [2.45, 2.75) is 78.3 Å². The predicted octanol–water partition coefficient (Wildman–Crippen LogP) is 6.76. The fraction of sp³-hybridized carbons (Fsp3) is 0.633. The van der Waals surface area contributed by atoms with Gasteiger partial charge in [0.15, 0.2) is 5.82 Å². The lowest BCUT2D eigenvalue weighted by Gasteiger charge is -2.51. The van der Waals surface area contributed by atoms with Crippen molar-refractivity contribution in [1.82, 2.24) is 14.9 Å². The number of rotatable bonds is 7. The first-order valence-electron chi connectivity index (χ1n) is 14.3. The zero-order valence-corrected chi connectivity index (χ0v) is 25.0. The second-order valence-corrected chi connectivity index (χ2v) is 13.1. The summed E-state index contributed by atoms with van der Waals surface area (Å²) in [5.41, 5.74) is 2.37. The molecule has 3 fully saturated rings. The number of aryl methyl sites for hydroxylation is 2. The van der Waals surface area contributed by atoms with Gasteiger partial charge < -0.3 is 20.2 Å². The highest BCUT2D eigenvalue weighted by Crippen LogP contribution is 2.45. The zero-order chi connectivity index (χ0) is 27.9. The summed E-state index contributed by atoms with van der Waals surface area (Å²) in [4.78, 5) is 26.0. The van der Waals surface area contributed by atoms with Crippen LogP contribution in [-0.4, -0.2) is 58.2 Å². The van der Waals surface area contributed by atoms with Crippen LogP contribution in [0.15, 0.2) is 18.2 Å². The summed E-state index contributed by atoms with van der Waals surface area (Å²) in [5, 5.41) is 14.2. The van der Waals surface area contributed by atoms with Crippen molar-refractivity contribution in [3.63, 3.8) is 0 Å². The molecule has 0 bridgehead atoms. The van der Waals surface area contributed by atoms with Gasteiger partial charge in [-0.1, -0.05) is 35.3 Å². The van der Waals surface area contributed by atoms with E-state index in [9.17, 15) is 9.90 Å². The van der Waals surface area contributed by atoms with E-state index in [0.29, 0.717) is 28.7 Å². The molecule has 9 heteroatoms. The molecule has 212 valence electrons. The van der Waals surface area contributed by atoms with E-state index in [1.165, 1.54) is 12.8 Å². The van der Waals surface area contributed by atoms with Crippen molar-refractivity contribution in [3.8, 4) is 0 Å². The Morgan fingerprint density at radius 2 is 1.82 bits per heavy atom. The molecule has 39 heavy (non-hydrogen) atoms. The number of aromatic nitrogens is 2. The monoisotopic (exact) mass is 573 g/mol. The van der Waals surface area contributed by atoms with E-state index in [-0.39, 0.29) is 6.04 Å². The summed E-state index contributed by atoms with van der Waals surface area (Å²) in [6.07, 6.45) is 6.30. The van der Waals surface area contributed by atoms with Gasteiger partial charge in [0.1, 0.15) is 5.02 Å². The molecule has 2 aromatic rings. The number of aliphatic carboxylic acids is 1. The van der Waals surface area contributed by atoms with E-state index in [0.717, 1.165) is 79.7 Å². The highest BCUT2D eigenvalue weighted by Gasteiger charge is 2.49. The van der Waals surface area contributed by atoms with Gasteiger partial charge in [-0.3, -0.25) is 4.79 Å². The molecule has 2 aliphatic heterocycles. The van der Waals surface area contributed by atoms with Gasteiger partial charge in [0, 0.05) is 30.7 Å². The van der Waals surface area contributed by atoms with Gasteiger partial charge in [0.2, 0.25) is 5.95 Å². The van der Waals surface area contributed by atoms with Crippen LogP contribution in [0.4, 0.5) is 11.8 Å². The SMILES string of the molecule is Cc1ccc([C@@H](C)Nc2nc(N3CCC([C@@H]4CCCN([C@H]5C[C@](C)(C(=O)O)C5)C4)CC3)nc(C)c2Cl)c(Cl)c1. The molecule has 2 N–H and O–H groups in total. The number of carboxylic acid groups (broad SMARTS) is 1. The van der Waals surface area contributed by atoms with Gasteiger partial charge in [-0.25, -0.2) is 4.98 Å². The summed E-state index contributed by atoms with van der Waals surface area (Å²) in [5.74, 6) is 2.09. The summed E-state index contributed by atoms with van der Waals surface area (Å²) >= 11 is 13.2. The third-order valence-corrected chi connectivity index (χ3v) is 10.1. The summed E-state index contributed by atoms with van der Waals surface area (Å²) in [6.45, 7) is 12.0. The van der Waals surface area contributed by atoms with Crippen LogP contribution < -0.4 is 10.2 Å². The molecule has 2 saturated heterocycles. The van der Waals surface area contributed by atoms with E-state index in [2.05, 4.69) is 28.1 Å². The molecule has 0 amide bonds. The minimum atomic E-state index is -0.647. The number of hydrogen-bond acceptors (Lipinski definition) is 6. The molecule has 1 aromatic carbocycles. The second-order valence-electron chi connectivity index (χ2n) is 12.3. The van der Waals surface area contributed by atoms with Crippen molar-refractivity contribution in [2.75, 3.05) is 36.4 Å². The fourth-order valence-corrected chi connectivity index (χ4v) is 7.33. The standard InChI is InChI=1S/C30H41Cl2N5O2/c1-18-7-8-24(25(31)14-18)19(2)33-27-26(32)20(3)34-29(35-27)36-12-9-21(10-13-36)22-6-5-11-37(17-22)23-15-30(4,16-23)28(38)39/h7-8,14,19,21-23H,5-6,9-13,15-17H2,1-4H3,(H,38,39)(H,33,34,35)/t19-,22-,23-,30-/m1/s1. The molecule has 3 aliphatic rings. The maximum atomic E-state index is 11.5. The van der Waals surface area contributed by atoms with E-state index in [1.54, 1.807) is 0 Å². The molecule has 0 unspecified atom stereocenters. The van der Waals surface area contributed by atoms with Gasteiger partial charge in [-0.15, -0.1) is 0 Å². The lowest BCUT2D eigenvalue weighted by atomic mass is 9.65. The molecular weight excluding hydrogens is 533 g/mol. The van der Waals surface area contributed by atoms with Crippen LogP contribution in [0.2, 0.25) is 10.0 Å². The van der Waals surface area contributed by atoms with E-state index in [4.69, 9.17) is 33.2 Å². The van der Waals surface area contributed by atoms with Crippen LogP contribution in [-0.2, 0) is 4.79 Å². The molecule has 7 nitrogen and oxygen atoms in total. The number of hydrogen-bond donors (Lipinski definition) is 2. The molecule has 1 aromatic heterocycles. The van der Waals surface area contributed by atoms with Crippen LogP contribution in [0.3, 0.4) is 0 Å². The Bertz CT molecular complexity index is 1210. The smallest absolute Gasteiger partial charge is 0.309 e. The number of nitrogens with one attached hydrogen (secondary N) is 1. The average Bonchev–Trinajstić information content (AvgIpc) is 2.89. The lowest BCUT2D eigenvalue weighted by Crippen LogP contribution is -2.56. The Kier molecular flexibility index (Phi) is 8.33.